The molecule has 0 radical (unpaired) electrons. The van der Waals surface area contributed by atoms with E-state index in [0.29, 0.717) is 18.9 Å². The van der Waals surface area contributed by atoms with Gasteiger partial charge in [-0.25, -0.2) is 4.98 Å². The maximum absolute atomic E-state index is 11.9. The topological polar surface area (TPSA) is 83.8 Å². The van der Waals surface area contributed by atoms with Crippen molar-refractivity contribution in [1.29, 1.82) is 0 Å². The third kappa shape index (κ3) is 4.87. The molecule has 0 bridgehead atoms. The lowest BCUT2D eigenvalue weighted by Crippen LogP contribution is -2.31. The lowest BCUT2D eigenvalue weighted by Gasteiger charge is -2.18. The van der Waals surface area contributed by atoms with Crippen molar-refractivity contribution in [2.75, 3.05) is 6.54 Å². The number of aromatic nitrogens is 2. The molecule has 18 heavy (non-hydrogen) atoms. The molecule has 2 atom stereocenters. The Hall–Kier alpha value is -1.36. The minimum Gasteiger partial charge on any atom is -0.347 e. The Balaban J connectivity index is 2.40. The molecule has 5 heteroatoms. The van der Waals surface area contributed by atoms with Crippen molar-refractivity contribution in [3.8, 4) is 0 Å². The van der Waals surface area contributed by atoms with Crippen LogP contribution in [0.25, 0.3) is 0 Å². The zero-order valence-corrected chi connectivity index (χ0v) is 11.4. The minimum absolute atomic E-state index is 0.0370. The second kappa shape index (κ2) is 7.16. The van der Waals surface area contributed by atoms with Gasteiger partial charge in [0.1, 0.15) is 5.82 Å². The van der Waals surface area contributed by atoms with Crippen LogP contribution in [-0.4, -0.2) is 22.4 Å². The number of imidazole rings is 1. The number of nitrogens with one attached hydrogen (secondary N) is 2. The highest BCUT2D eigenvalue weighted by molar-refractivity contribution is 5.76. The third-order valence-corrected chi connectivity index (χ3v) is 2.92. The van der Waals surface area contributed by atoms with Crippen molar-refractivity contribution in [2.24, 2.45) is 17.6 Å². The molecular formula is C13H24N4O. The molecular weight excluding hydrogens is 228 g/mol. The van der Waals surface area contributed by atoms with E-state index in [1.807, 2.05) is 6.92 Å². The van der Waals surface area contributed by atoms with Crippen LogP contribution >= 0.6 is 0 Å². The van der Waals surface area contributed by atoms with E-state index in [1.54, 1.807) is 12.4 Å². The van der Waals surface area contributed by atoms with Gasteiger partial charge in [0.2, 0.25) is 5.91 Å². The number of rotatable bonds is 7. The highest BCUT2D eigenvalue weighted by Gasteiger charge is 2.16. The first-order valence-corrected chi connectivity index (χ1v) is 6.51. The van der Waals surface area contributed by atoms with Gasteiger partial charge < -0.3 is 16.0 Å². The second-order valence-corrected chi connectivity index (χ2v) is 5.20. The molecule has 102 valence electrons. The molecule has 1 heterocycles. The monoisotopic (exact) mass is 252 g/mol. The lowest BCUT2D eigenvalue weighted by atomic mass is 9.94. The Morgan fingerprint density at radius 2 is 2.22 bits per heavy atom. The first-order chi connectivity index (χ1) is 8.52. The molecule has 0 saturated heterocycles. The number of hydrogen-bond acceptors (Lipinski definition) is 3. The molecule has 1 unspecified atom stereocenters. The largest absolute Gasteiger partial charge is 0.347 e. The zero-order valence-electron chi connectivity index (χ0n) is 11.4. The van der Waals surface area contributed by atoms with Gasteiger partial charge in [0.05, 0.1) is 6.04 Å². The van der Waals surface area contributed by atoms with E-state index in [2.05, 4.69) is 29.1 Å². The lowest BCUT2D eigenvalue weighted by molar-refractivity contribution is -0.122. The fraction of sp³-hybridized carbons (Fsp3) is 0.692. The number of nitrogens with zero attached hydrogens (tertiary/aromatic N) is 1. The second-order valence-electron chi connectivity index (χ2n) is 5.20. The van der Waals surface area contributed by atoms with Gasteiger partial charge in [0, 0.05) is 18.8 Å². The summed E-state index contributed by atoms with van der Waals surface area (Å²) in [5, 5.41) is 2.93. The molecule has 1 rings (SSSR count). The van der Waals surface area contributed by atoms with E-state index in [1.165, 1.54) is 0 Å². The number of aromatic amines is 1. The Bertz CT molecular complexity index is 348. The Labute approximate surface area is 109 Å². The normalized spacial score (nSPS) is 14.5. The summed E-state index contributed by atoms with van der Waals surface area (Å²) in [6.45, 7) is 6.76. The number of hydrogen-bond donors (Lipinski definition) is 3. The van der Waals surface area contributed by atoms with Gasteiger partial charge in [0.25, 0.3) is 0 Å². The Morgan fingerprint density at radius 3 is 2.72 bits per heavy atom. The standard InChI is InChI=1S/C13H24N4O/c1-9(2)6-11(8-14)7-12(18)17-10(3)13-15-4-5-16-13/h4-5,9-11H,6-8,14H2,1-3H3,(H,15,16)(H,17,18)/t10?,11-/m0/s1. The van der Waals surface area contributed by atoms with Gasteiger partial charge in [-0.15, -0.1) is 0 Å². The Kier molecular flexibility index (Phi) is 5.85. The number of carbonyl (C=O) groups excluding carboxylic acids is 1. The predicted molar refractivity (Wildman–Crippen MR) is 71.8 cm³/mol. The average Bonchev–Trinajstić information content (AvgIpc) is 2.80. The van der Waals surface area contributed by atoms with Gasteiger partial charge in [-0.2, -0.15) is 0 Å². The fourth-order valence-corrected chi connectivity index (χ4v) is 2.07. The van der Waals surface area contributed by atoms with Crippen LogP contribution in [0.15, 0.2) is 12.4 Å². The molecule has 0 aliphatic rings. The summed E-state index contributed by atoms with van der Waals surface area (Å²) < 4.78 is 0. The zero-order chi connectivity index (χ0) is 13.5. The van der Waals surface area contributed by atoms with Crippen molar-refractivity contribution in [1.82, 2.24) is 15.3 Å². The highest BCUT2D eigenvalue weighted by atomic mass is 16.1. The highest BCUT2D eigenvalue weighted by Crippen LogP contribution is 2.15. The molecule has 0 fully saturated rings. The SMILES string of the molecule is CC(C)C[C@H](CN)CC(=O)NC(C)c1ncc[nH]1. The smallest absolute Gasteiger partial charge is 0.220 e. The number of carbonyl (C=O) groups is 1. The van der Waals surface area contributed by atoms with E-state index in [9.17, 15) is 4.79 Å². The van der Waals surface area contributed by atoms with Crippen molar-refractivity contribution in [3.05, 3.63) is 18.2 Å². The molecule has 0 saturated carbocycles. The first kappa shape index (κ1) is 14.7. The molecule has 0 spiro atoms. The molecule has 1 aromatic rings. The Morgan fingerprint density at radius 1 is 1.50 bits per heavy atom. The van der Waals surface area contributed by atoms with E-state index >= 15 is 0 Å². The van der Waals surface area contributed by atoms with E-state index in [-0.39, 0.29) is 17.9 Å². The minimum atomic E-state index is -0.0926. The number of nitrogens with two attached hydrogens (primary N) is 1. The summed E-state index contributed by atoms with van der Waals surface area (Å²) in [5.74, 6) is 1.63. The summed E-state index contributed by atoms with van der Waals surface area (Å²) in [7, 11) is 0. The maximum Gasteiger partial charge on any atom is 0.220 e. The molecule has 4 N–H and O–H groups in total. The summed E-state index contributed by atoms with van der Waals surface area (Å²) in [6, 6.07) is -0.0926. The van der Waals surface area contributed by atoms with Crippen molar-refractivity contribution in [2.45, 2.75) is 39.7 Å². The fourth-order valence-electron chi connectivity index (χ4n) is 2.07. The van der Waals surface area contributed by atoms with Crippen LogP contribution < -0.4 is 11.1 Å². The van der Waals surface area contributed by atoms with Crippen LogP contribution in [0.5, 0.6) is 0 Å². The van der Waals surface area contributed by atoms with Gasteiger partial charge in [0.15, 0.2) is 0 Å². The molecule has 5 nitrogen and oxygen atoms in total. The van der Waals surface area contributed by atoms with Gasteiger partial charge in [-0.1, -0.05) is 13.8 Å². The first-order valence-electron chi connectivity index (χ1n) is 6.51. The van der Waals surface area contributed by atoms with Crippen molar-refractivity contribution >= 4 is 5.91 Å². The number of amides is 1. The molecule has 1 amide bonds. The summed E-state index contributed by atoms with van der Waals surface area (Å²) in [6.07, 6.45) is 4.90. The summed E-state index contributed by atoms with van der Waals surface area (Å²) in [5.41, 5.74) is 5.70. The predicted octanol–water partition coefficient (Wildman–Crippen LogP) is 1.60. The van der Waals surface area contributed by atoms with Crippen LogP contribution in [0.2, 0.25) is 0 Å². The molecule has 0 aliphatic heterocycles. The van der Waals surface area contributed by atoms with E-state index in [0.717, 1.165) is 12.2 Å². The van der Waals surface area contributed by atoms with Gasteiger partial charge in [-0.05, 0) is 31.7 Å². The van der Waals surface area contributed by atoms with Crippen LogP contribution in [0.3, 0.4) is 0 Å². The van der Waals surface area contributed by atoms with Crippen molar-refractivity contribution in [3.63, 3.8) is 0 Å². The van der Waals surface area contributed by atoms with Gasteiger partial charge >= 0.3 is 0 Å². The molecule has 1 aromatic heterocycles. The summed E-state index contributed by atoms with van der Waals surface area (Å²) >= 11 is 0. The maximum atomic E-state index is 11.9. The average molecular weight is 252 g/mol. The molecule has 0 aromatic carbocycles. The summed E-state index contributed by atoms with van der Waals surface area (Å²) in [4.78, 5) is 19.0. The van der Waals surface area contributed by atoms with Gasteiger partial charge in [-0.3, -0.25) is 4.79 Å². The van der Waals surface area contributed by atoms with Crippen LogP contribution in [0, 0.1) is 11.8 Å². The number of H-pyrrole nitrogens is 1. The van der Waals surface area contributed by atoms with E-state index in [4.69, 9.17) is 5.73 Å². The van der Waals surface area contributed by atoms with E-state index < -0.39 is 0 Å². The third-order valence-electron chi connectivity index (χ3n) is 2.92. The van der Waals surface area contributed by atoms with Crippen molar-refractivity contribution < 1.29 is 4.79 Å². The van der Waals surface area contributed by atoms with Crippen LogP contribution in [-0.2, 0) is 4.79 Å². The quantitative estimate of drug-likeness (QED) is 0.689. The molecule has 0 aliphatic carbocycles. The van der Waals surface area contributed by atoms with Crippen LogP contribution in [0.4, 0.5) is 0 Å². The van der Waals surface area contributed by atoms with Crippen LogP contribution in [0.1, 0.15) is 45.5 Å².